The molecule has 2 rings (SSSR count). The first-order valence-electron chi connectivity index (χ1n) is 6.52. The van der Waals surface area contributed by atoms with Crippen molar-refractivity contribution in [3.8, 4) is 11.8 Å². The summed E-state index contributed by atoms with van der Waals surface area (Å²) in [6.07, 6.45) is 0.522. The van der Waals surface area contributed by atoms with Crippen LogP contribution in [0.3, 0.4) is 0 Å². The van der Waals surface area contributed by atoms with Gasteiger partial charge in [-0.25, -0.2) is 4.98 Å². The molecule has 0 aliphatic carbocycles. The summed E-state index contributed by atoms with van der Waals surface area (Å²) in [4.78, 5) is 6.53. The van der Waals surface area contributed by atoms with Gasteiger partial charge in [0.25, 0.3) is 0 Å². The van der Waals surface area contributed by atoms with Crippen molar-refractivity contribution < 1.29 is 5.11 Å². The third kappa shape index (κ3) is 4.78. The van der Waals surface area contributed by atoms with Crippen molar-refractivity contribution in [3.63, 3.8) is 0 Å². The summed E-state index contributed by atoms with van der Waals surface area (Å²) in [7, 11) is 2.09. The van der Waals surface area contributed by atoms with E-state index < -0.39 is 0 Å². The highest BCUT2D eigenvalue weighted by atomic mass is 32.1. The third-order valence-corrected chi connectivity index (χ3v) is 3.40. The summed E-state index contributed by atoms with van der Waals surface area (Å²) in [5.74, 6) is 6.01. The average molecular weight is 286 g/mol. The minimum Gasteiger partial charge on any atom is -0.395 e. The molecule has 4 heteroatoms. The Bertz CT molecular complexity index is 584. The molecule has 20 heavy (non-hydrogen) atoms. The van der Waals surface area contributed by atoms with Crippen LogP contribution in [0.5, 0.6) is 0 Å². The number of nitrogens with zero attached hydrogens (tertiary/aromatic N) is 2. The van der Waals surface area contributed by atoms with E-state index in [9.17, 15) is 0 Å². The maximum absolute atomic E-state index is 8.73. The van der Waals surface area contributed by atoms with Crippen molar-refractivity contribution in [3.05, 3.63) is 52.0 Å². The lowest BCUT2D eigenvalue weighted by Crippen LogP contribution is -2.17. The molecule has 0 spiro atoms. The number of aliphatic hydroxyl groups excluding tert-OH is 1. The summed E-state index contributed by atoms with van der Waals surface area (Å²) in [5.41, 5.74) is 5.20. The maximum Gasteiger partial charge on any atom is 0.0795 e. The zero-order chi connectivity index (χ0) is 14.2. The lowest BCUT2D eigenvalue weighted by molar-refractivity contribution is 0.305. The molecule has 1 heterocycles. The van der Waals surface area contributed by atoms with E-state index in [4.69, 9.17) is 5.11 Å². The molecule has 1 aromatic heterocycles. The summed E-state index contributed by atoms with van der Waals surface area (Å²) < 4.78 is 0. The third-order valence-electron chi connectivity index (χ3n) is 2.76. The summed E-state index contributed by atoms with van der Waals surface area (Å²) in [6.45, 7) is 1.83. The van der Waals surface area contributed by atoms with Crippen LogP contribution in [-0.4, -0.2) is 28.6 Å². The van der Waals surface area contributed by atoms with Crippen LogP contribution >= 0.6 is 11.3 Å². The number of aliphatic hydroxyl groups is 1. The van der Waals surface area contributed by atoms with Crippen LogP contribution in [0, 0.1) is 11.8 Å². The minimum absolute atomic E-state index is 0.114. The number of thiazole rings is 1. The standard InChI is InChI=1S/C16H18N2OS/c1-18(11-16-12-20-13-17-16)10-15-7-4-6-14(9-15)5-2-3-8-19/h4,6-7,9,12-13,19H,3,8,10-11H2,1H3. The Labute approximate surface area is 123 Å². The molecule has 0 atom stereocenters. The van der Waals surface area contributed by atoms with Crippen LogP contribution < -0.4 is 0 Å². The molecule has 0 saturated carbocycles. The largest absolute Gasteiger partial charge is 0.395 e. The smallest absolute Gasteiger partial charge is 0.0795 e. The van der Waals surface area contributed by atoms with Crippen LogP contribution in [0.4, 0.5) is 0 Å². The number of hydrogen-bond acceptors (Lipinski definition) is 4. The van der Waals surface area contributed by atoms with Gasteiger partial charge in [0.15, 0.2) is 0 Å². The fourth-order valence-electron chi connectivity index (χ4n) is 1.93. The Hall–Kier alpha value is -1.67. The van der Waals surface area contributed by atoms with E-state index in [2.05, 4.69) is 46.3 Å². The van der Waals surface area contributed by atoms with Crippen LogP contribution in [0.15, 0.2) is 35.2 Å². The first-order chi connectivity index (χ1) is 9.78. The van der Waals surface area contributed by atoms with Crippen molar-refractivity contribution in [1.82, 2.24) is 9.88 Å². The zero-order valence-corrected chi connectivity index (χ0v) is 12.4. The predicted octanol–water partition coefficient (Wildman–Crippen LogP) is 2.51. The van der Waals surface area contributed by atoms with Gasteiger partial charge in [-0.05, 0) is 24.7 Å². The SMILES string of the molecule is CN(Cc1cccc(C#CCCO)c1)Cc1cscn1. The average Bonchev–Trinajstić information content (AvgIpc) is 2.92. The van der Waals surface area contributed by atoms with Gasteiger partial charge in [-0.15, -0.1) is 11.3 Å². The van der Waals surface area contributed by atoms with Crippen LogP contribution in [-0.2, 0) is 13.1 Å². The van der Waals surface area contributed by atoms with Crippen molar-refractivity contribution in [2.24, 2.45) is 0 Å². The molecule has 1 aromatic carbocycles. The van der Waals surface area contributed by atoms with Gasteiger partial charge in [-0.2, -0.15) is 0 Å². The number of rotatable bonds is 5. The van der Waals surface area contributed by atoms with E-state index in [1.165, 1.54) is 5.56 Å². The van der Waals surface area contributed by atoms with Crippen molar-refractivity contribution in [2.45, 2.75) is 19.5 Å². The molecule has 1 N–H and O–H groups in total. The van der Waals surface area contributed by atoms with E-state index in [0.717, 1.165) is 24.3 Å². The normalized spacial score (nSPS) is 10.3. The molecule has 3 nitrogen and oxygen atoms in total. The van der Waals surface area contributed by atoms with E-state index in [1.54, 1.807) is 11.3 Å². The molecule has 0 aliphatic heterocycles. The number of aromatic nitrogens is 1. The molecule has 104 valence electrons. The molecular weight excluding hydrogens is 268 g/mol. The van der Waals surface area contributed by atoms with Gasteiger partial charge in [0.05, 0.1) is 17.8 Å². The van der Waals surface area contributed by atoms with Crippen LogP contribution in [0.25, 0.3) is 0 Å². The van der Waals surface area contributed by atoms with Gasteiger partial charge in [0.2, 0.25) is 0 Å². The predicted molar refractivity (Wildman–Crippen MR) is 82.3 cm³/mol. The Balaban J connectivity index is 1.95. The first-order valence-corrected chi connectivity index (χ1v) is 7.46. The monoisotopic (exact) mass is 286 g/mol. The minimum atomic E-state index is 0.114. The Morgan fingerprint density at radius 2 is 2.25 bits per heavy atom. The highest BCUT2D eigenvalue weighted by molar-refractivity contribution is 7.07. The Morgan fingerprint density at radius 3 is 3.00 bits per heavy atom. The summed E-state index contributed by atoms with van der Waals surface area (Å²) in [5, 5.41) is 10.8. The van der Waals surface area contributed by atoms with Crippen molar-refractivity contribution in [2.75, 3.05) is 13.7 Å². The molecule has 0 bridgehead atoms. The second-order valence-electron chi connectivity index (χ2n) is 4.63. The molecular formula is C16H18N2OS. The summed E-state index contributed by atoms with van der Waals surface area (Å²) >= 11 is 1.63. The topological polar surface area (TPSA) is 36.4 Å². The van der Waals surface area contributed by atoms with E-state index in [0.29, 0.717) is 6.42 Å². The molecule has 0 radical (unpaired) electrons. The van der Waals surface area contributed by atoms with Crippen molar-refractivity contribution in [1.29, 1.82) is 0 Å². The fraction of sp³-hybridized carbons (Fsp3) is 0.312. The lowest BCUT2D eigenvalue weighted by Gasteiger charge is -2.15. The molecule has 0 unspecified atom stereocenters. The highest BCUT2D eigenvalue weighted by Gasteiger charge is 2.03. The molecule has 2 aromatic rings. The van der Waals surface area contributed by atoms with Gasteiger partial charge in [0, 0.05) is 30.5 Å². The molecule has 0 aliphatic rings. The molecule has 0 saturated heterocycles. The van der Waals surface area contributed by atoms with E-state index in [-0.39, 0.29) is 6.61 Å². The quantitative estimate of drug-likeness (QED) is 0.858. The van der Waals surface area contributed by atoms with Crippen LogP contribution in [0.2, 0.25) is 0 Å². The van der Waals surface area contributed by atoms with E-state index in [1.807, 2.05) is 17.6 Å². The number of benzene rings is 1. The second kappa shape index (κ2) is 7.81. The van der Waals surface area contributed by atoms with Crippen LogP contribution in [0.1, 0.15) is 23.2 Å². The van der Waals surface area contributed by atoms with Gasteiger partial charge in [0.1, 0.15) is 0 Å². The Kier molecular flexibility index (Phi) is 5.75. The fourth-order valence-corrected chi connectivity index (χ4v) is 2.48. The van der Waals surface area contributed by atoms with Gasteiger partial charge >= 0.3 is 0 Å². The van der Waals surface area contributed by atoms with Gasteiger partial charge < -0.3 is 5.11 Å². The second-order valence-corrected chi connectivity index (χ2v) is 5.35. The molecule has 0 amide bonds. The van der Waals surface area contributed by atoms with E-state index >= 15 is 0 Å². The highest BCUT2D eigenvalue weighted by Crippen LogP contribution is 2.10. The van der Waals surface area contributed by atoms with Gasteiger partial charge in [-0.3, -0.25) is 4.90 Å². The zero-order valence-electron chi connectivity index (χ0n) is 11.5. The molecule has 0 fully saturated rings. The van der Waals surface area contributed by atoms with Gasteiger partial charge in [-0.1, -0.05) is 24.0 Å². The lowest BCUT2D eigenvalue weighted by atomic mass is 10.1. The number of hydrogen-bond donors (Lipinski definition) is 1. The Morgan fingerprint density at radius 1 is 1.35 bits per heavy atom. The van der Waals surface area contributed by atoms with Crippen molar-refractivity contribution >= 4 is 11.3 Å². The maximum atomic E-state index is 8.73. The first kappa shape index (κ1) is 14.7. The summed E-state index contributed by atoms with van der Waals surface area (Å²) in [6, 6.07) is 8.22.